The molecule has 0 bridgehead atoms. The Balaban J connectivity index is 2.01. The van der Waals surface area contributed by atoms with E-state index < -0.39 is 4.92 Å². The fraction of sp³-hybridized carbons (Fsp3) is 0. The molecule has 3 aromatic rings. The fourth-order valence-corrected chi connectivity index (χ4v) is 2.12. The van der Waals surface area contributed by atoms with Gasteiger partial charge >= 0.3 is 0 Å². The number of rotatable bonds is 3. The number of pyridine rings is 1. The van der Waals surface area contributed by atoms with Crippen LogP contribution in [0.4, 0.5) is 5.69 Å². The Morgan fingerprint density at radius 1 is 1.38 bits per heavy atom. The number of nitro benzene ring substituents is 1. The van der Waals surface area contributed by atoms with E-state index in [9.17, 15) is 10.1 Å². The summed E-state index contributed by atoms with van der Waals surface area (Å²) in [4.78, 5) is 21.6. The number of nitrogens with one attached hydrogen (secondary N) is 1. The molecule has 0 aliphatic rings. The maximum atomic E-state index is 10.8. The van der Waals surface area contributed by atoms with Gasteiger partial charge in [0.2, 0.25) is 0 Å². The number of nitro groups is 1. The molecule has 0 saturated heterocycles. The summed E-state index contributed by atoms with van der Waals surface area (Å²) in [6, 6.07) is 8.09. The number of aromatic nitrogens is 3. The van der Waals surface area contributed by atoms with Crippen molar-refractivity contribution in [1.29, 1.82) is 0 Å². The molecule has 1 aromatic carbocycles. The lowest BCUT2D eigenvalue weighted by molar-refractivity contribution is -0.384. The van der Waals surface area contributed by atoms with Crippen LogP contribution in [0.5, 0.6) is 0 Å². The average Bonchev–Trinajstić information content (AvgIpc) is 2.91. The summed E-state index contributed by atoms with van der Waals surface area (Å²) in [5.74, 6) is 0.455. The number of hydrogen-bond acceptors (Lipinski definition) is 4. The fourth-order valence-electron chi connectivity index (χ4n) is 1.90. The maximum absolute atomic E-state index is 10.8. The molecule has 3 rings (SSSR count). The number of benzene rings is 1. The largest absolute Gasteiger partial charge is 0.337 e. The van der Waals surface area contributed by atoms with Gasteiger partial charge in [0.1, 0.15) is 5.82 Å². The van der Waals surface area contributed by atoms with E-state index in [1.807, 2.05) is 6.07 Å². The van der Waals surface area contributed by atoms with Gasteiger partial charge in [0, 0.05) is 24.5 Å². The molecular weight excluding hydrogens is 292 g/mol. The molecule has 0 atom stereocenters. The lowest BCUT2D eigenvalue weighted by atomic mass is 10.2. The molecule has 2 aromatic heterocycles. The third-order valence-corrected chi connectivity index (χ3v) is 3.17. The number of aromatic amines is 1. The van der Waals surface area contributed by atoms with Crippen molar-refractivity contribution in [2.75, 3.05) is 0 Å². The molecule has 104 valence electrons. The molecule has 1 N–H and O–H groups in total. The third-order valence-electron chi connectivity index (χ3n) is 2.88. The number of imidazole rings is 1. The Kier molecular flexibility index (Phi) is 3.37. The van der Waals surface area contributed by atoms with Crippen molar-refractivity contribution in [3.05, 3.63) is 64.2 Å². The van der Waals surface area contributed by atoms with Crippen molar-refractivity contribution in [2.45, 2.75) is 0 Å². The minimum atomic E-state index is -0.451. The van der Waals surface area contributed by atoms with E-state index in [1.165, 1.54) is 12.1 Å². The highest BCUT2D eigenvalue weighted by molar-refractivity contribution is 6.50. The van der Waals surface area contributed by atoms with Gasteiger partial charge in [0.15, 0.2) is 0 Å². The Morgan fingerprint density at radius 3 is 2.95 bits per heavy atom. The van der Waals surface area contributed by atoms with Crippen molar-refractivity contribution < 1.29 is 4.92 Å². The lowest BCUT2D eigenvalue weighted by Crippen LogP contribution is -1.86. The third kappa shape index (κ3) is 2.75. The molecule has 0 saturated carbocycles. The minimum Gasteiger partial charge on any atom is -0.337 e. The van der Waals surface area contributed by atoms with Gasteiger partial charge in [-0.25, -0.2) is 4.98 Å². The van der Waals surface area contributed by atoms with E-state index >= 15 is 0 Å². The highest BCUT2D eigenvalue weighted by atomic mass is 35.5. The normalized spacial score (nSPS) is 11.8. The predicted octanol–water partition coefficient (Wildman–Crippen LogP) is 3.60. The monoisotopic (exact) mass is 300 g/mol. The van der Waals surface area contributed by atoms with E-state index in [2.05, 4.69) is 15.0 Å². The van der Waals surface area contributed by atoms with Gasteiger partial charge < -0.3 is 4.98 Å². The second-order valence-corrected chi connectivity index (χ2v) is 4.73. The summed E-state index contributed by atoms with van der Waals surface area (Å²) in [6.45, 7) is 0. The Bertz CT molecular complexity index is 843. The van der Waals surface area contributed by atoms with E-state index in [-0.39, 0.29) is 5.69 Å². The average molecular weight is 301 g/mol. The lowest BCUT2D eigenvalue weighted by Gasteiger charge is -1.94. The Labute approximate surface area is 124 Å². The van der Waals surface area contributed by atoms with E-state index in [0.717, 1.165) is 5.56 Å². The molecule has 2 heterocycles. The van der Waals surface area contributed by atoms with Crippen LogP contribution in [0.25, 0.3) is 22.1 Å². The van der Waals surface area contributed by atoms with E-state index in [1.54, 1.807) is 30.6 Å². The van der Waals surface area contributed by atoms with Gasteiger partial charge in [0.05, 0.1) is 21.0 Å². The summed E-state index contributed by atoms with van der Waals surface area (Å²) in [7, 11) is 0. The van der Waals surface area contributed by atoms with Crippen molar-refractivity contribution in [3.63, 3.8) is 0 Å². The van der Waals surface area contributed by atoms with Gasteiger partial charge in [-0.15, -0.1) is 0 Å². The van der Waals surface area contributed by atoms with Gasteiger partial charge in [-0.05, 0) is 23.8 Å². The first kappa shape index (κ1) is 13.3. The molecule has 0 radical (unpaired) electrons. The second kappa shape index (κ2) is 5.34. The van der Waals surface area contributed by atoms with Crippen LogP contribution < -0.4 is 0 Å². The first-order valence-corrected chi connectivity index (χ1v) is 6.43. The number of nitrogens with zero attached hydrogens (tertiary/aromatic N) is 3. The standard InChI is InChI=1S/C14H9ClN4O2/c15-11(6-9-2-1-5-16-8-9)14-17-12-4-3-10(19(20)21)7-13(12)18-14/h1-8H,(H,17,18)/b11-6-. The van der Waals surface area contributed by atoms with Crippen LogP contribution in [-0.2, 0) is 0 Å². The van der Waals surface area contributed by atoms with E-state index in [0.29, 0.717) is 21.9 Å². The van der Waals surface area contributed by atoms with Crippen LogP contribution in [-0.4, -0.2) is 19.9 Å². The summed E-state index contributed by atoms with van der Waals surface area (Å²) in [6.07, 6.45) is 5.07. The Morgan fingerprint density at radius 2 is 2.24 bits per heavy atom. The van der Waals surface area contributed by atoms with Crippen molar-refractivity contribution in [3.8, 4) is 0 Å². The van der Waals surface area contributed by atoms with Gasteiger partial charge in [0.25, 0.3) is 5.69 Å². The molecule has 21 heavy (non-hydrogen) atoms. The predicted molar refractivity (Wildman–Crippen MR) is 80.7 cm³/mol. The number of fused-ring (bicyclic) bond motifs is 1. The first-order valence-electron chi connectivity index (χ1n) is 6.05. The molecule has 7 heteroatoms. The van der Waals surface area contributed by atoms with Crippen LogP contribution in [0.1, 0.15) is 11.4 Å². The number of non-ortho nitro benzene ring substituents is 1. The molecule has 0 aliphatic heterocycles. The summed E-state index contributed by atoms with van der Waals surface area (Å²) in [5.41, 5.74) is 2.03. The van der Waals surface area contributed by atoms with Crippen LogP contribution in [0, 0.1) is 10.1 Å². The number of hydrogen-bond donors (Lipinski definition) is 1. The molecule has 0 unspecified atom stereocenters. The van der Waals surface area contributed by atoms with Crippen LogP contribution in [0.3, 0.4) is 0 Å². The molecule has 0 fully saturated rings. The zero-order chi connectivity index (χ0) is 14.8. The second-order valence-electron chi connectivity index (χ2n) is 4.32. The quantitative estimate of drug-likeness (QED) is 0.591. The first-order chi connectivity index (χ1) is 10.1. The summed E-state index contributed by atoms with van der Waals surface area (Å²) >= 11 is 6.22. The topological polar surface area (TPSA) is 84.7 Å². The molecule has 6 nitrogen and oxygen atoms in total. The highest BCUT2D eigenvalue weighted by Gasteiger charge is 2.11. The SMILES string of the molecule is O=[N+]([O-])c1ccc2nc(/C(Cl)=C/c3cccnc3)[nH]c2c1. The van der Waals surface area contributed by atoms with Crippen LogP contribution in [0.15, 0.2) is 42.7 Å². The smallest absolute Gasteiger partial charge is 0.271 e. The molecule has 0 aliphatic carbocycles. The molecular formula is C14H9ClN4O2. The maximum Gasteiger partial charge on any atom is 0.271 e. The Hall–Kier alpha value is -2.73. The van der Waals surface area contributed by atoms with Crippen molar-refractivity contribution >= 4 is 39.4 Å². The van der Waals surface area contributed by atoms with Crippen LogP contribution >= 0.6 is 11.6 Å². The zero-order valence-electron chi connectivity index (χ0n) is 10.7. The molecule has 0 spiro atoms. The zero-order valence-corrected chi connectivity index (χ0v) is 11.4. The van der Waals surface area contributed by atoms with Crippen molar-refractivity contribution in [2.24, 2.45) is 0 Å². The molecule has 0 amide bonds. The van der Waals surface area contributed by atoms with Crippen LogP contribution in [0.2, 0.25) is 0 Å². The minimum absolute atomic E-state index is 0.00469. The van der Waals surface area contributed by atoms with Gasteiger partial charge in [-0.1, -0.05) is 17.7 Å². The summed E-state index contributed by atoms with van der Waals surface area (Å²) < 4.78 is 0. The van der Waals surface area contributed by atoms with E-state index in [4.69, 9.17) is 11.6 Å². The van der Waals surface area contributed by atoms with Gasteiger partial charge in [-0.3, -0.25) is 15.1 Å². The number of halogens is 1. The highest BCUT2D eigenvalue weighted by Crippen LogP contribution is 2.24. The van der Waals surface area contributed by atoms with Gasteiger partial charge in [-0.2, -0.15) is 0 Å². The number of H-pyrrole nitrogens is 1. The van der Waals surface area contributed by atoms with Crippen molar-refractivity contribution in [1.82, 2.24) is 15.0 Å². The summed E-state index contributed by atoms with van der Waals surface area (Å²) in [5, 5.41) is 11.2.